The first-order chi connectivity index (χ1) is 4.33. The van der Waals surface area contributed by atoms with Crippen molar-refractivity contribution in [1.82, 2.24) is 0 Å². The number of hydrogen-bond acceptors (Lipinski definition) is 1. The van der Waals surface area contributed by atoms with Gasteiger partial charge < -0.3 is 5.73 Å². The van der Waals surface area contributed by atoms with Crippen LogP contribution in [0.15, 0.2) is 24.3 Å². The third-order valence-corrected chi connectivity index (χ3v) is 1.60. The lowest BCUT2D eigenvalue weighted by atomic mass is 10.2. The van der Waals surface area contributed by atoms with E-state index < -0.39 is 0 Å². The van der Waals surface area contributed by atoms with Crippen LogP contribution in [-0.4, -0.2) is 8.41 Å². The summed E-state index contributed by atoms with van der Waals surface area (Å²) in [7, 11) is 2.63. The van der Waals surface area contributed by atoms with Crippen LogP contribution < -0.4 is 11.0 Å². The van der Waals surface area contributed by atoms with Gasteiger partial charge >= 0.3 is 0 Å². The minimum absolute atomic E-state index is 0. The van der Waals surface area contributed by atoms with Crippen LogP contribution in [-0.2, 0) is 6.54 Å². The zero-order valence-corrected chi connectivity index (χ0v) is 6.90. The predicted octanol–water partition coefficient (Wildman–Crippen LogP) is 0.265. The Morgan fingerprint density at radius 2 is 1.70 bits per heavy atom. The first-order valence-corrected chi connectivity index (χ1v) is 3.45. The summed E-state index contributed by atoms with van der Waals surface area (Å²) in [6, 6.07) is 8.13. The molecule has 2 N–H and O–H groups in total. The second kappa shape index (κ2) is 4.48. The van der Waals surface area contributed by atoms with Gasteiger partial charge in [0.2, 0.25) is 0 Å². The first kappa shape index (κ1) is 9.67. The molecule has 0 bridgehead atoms. The predicted molar refractivity (Wildman–Crippen MR) is 49.4 cm³/mol. The van der Waals surface area contributed by atoms with Crippen LogP contribution in [0, 0.1) is 0 Å². The summed E-state index contributed by atoms with van der Waals surface area (Å²) in [5, 5.41) is 1.20. The van der Waals surface area contributed by atoms with Gasteiger partial charge in [0.25, 0.3) is 0 Å². The van der Waals surface area contributed by atoms with Gasteiger partial charge in [-0.15, -0.1) is 9.24 Å². The lowest BCUT2D eigenvalue weighted by Crippen LogP contribution is -1.97. The molecule has 0 spiro atoms. The highest BCUT2D eigenvalue weighted by atomic mass is 31.0. The molecule has 1 aromatic carbocycles. The standard InChI is InChI=1S/C7H10NP.B/c8-5-6-1-3-7(9)4-2-6;/h1-4H,5,8-9H2;. The molecule has 0 aliphatic carbocycles. The highest BCUT2D eigenvalue weighted by Gasteiger charge is 1.85. The third kappa shape index (κ3) is 2.51. The van der Waals surface area contributed by atoms with Gasteiger partial charge in [-0.1, -0.05) is 24.3 Å². The van der Waals surface area contributed by atoms with Gasteiger partial charge in [-0.25, -0.2) is 0 Å². The molecule has 1 nitrogen and oxygen atoms in total. The number of hydrogen-bond donors (Lipinski definition) is 1. The topological polar surface area (TPSA) is 26.0 Å². The van der Waals surface area contributed by atoms with E-state index in [0.29, 0.717) is 6.54 Å². The molecule has 3 heteroatoms. The van der Waals surface area contributed by atoms with Crippen molar-refractivity contribution in [2.45, 2.75) is 6.54 Å². The molecule has 10 heavy (non-hydrogen) atoms. The van der Waals surface area contributed by atoms with E-state index >= 15 is 0 Å². The average molecular weight is 150 g/mol. The van der Waals surface area contributed by atoms with Gasteiger partial charge in [-0.2, -0.15) is 0 Å². The van der Waals surface area contributed by atoms with Crippen molar-refractivity contribution in [1.29, 1.82) is 0 Å². The van der Waals surface area contributed by atoms with Crippen LogP contribution in [0.1, 0.15) is 5.56 Å². The highest BCUT2D eigenvalue weighted by Crippen LogP contribution is 1.96. The molecule has 51 valence electrons. The summed E-state index contributed by atoms with van der Waals surface area (Å²) in [6.07, 6.45) is 0. The Balaban J connectivity index is 0.000000810. The maximum atomic E-state index is 5.39. The van der Waals surface area contributed by atoms with Crippen LogP contribution in [0.3, 0.4) is 0 Å². The van der Waals surface area contributed by atoms with Crippen LogP contribution in [0.5, 0.6) is 0 Å². The van der Waals surface area contributed by atoms with Gasteiger partial charge in [0.15, 0.2) is 0 Å². The first-order valence-electron chi connectivity index (χ1n) is 2.87. The molecule has 1 unspecified atom stereocenters. The second-order valence-corrected chi connectivity index (χ2v) is 2.61. The van der Waals surface area contributed by atoms with E-state index in [1.165, 1.54) is 10.9 Å². The molecule has 1 atom stereocenters. The number of rotatable bonds is 1. The largest absolute Gasteiger partial charge is 0.326 e. The van der Waals surface area contributed by atoms with Gasteiger partial charge in [-0.05, 0) is 10.9 Å². The molecule has 0 aromatic heterocycles. The van der Waals surface area contributed by atoms with Gasteiger partial charge in [0.05, 0.1) is 0 Å². The molecule has 0 aliphatic heterocycles. The summed E-state index contributed by atoms with van der Waals surface area (Å²) in [4.78, 5) is 0. The van der Waals surface area contributed by atoms with E-state index in [2.05, 4.69) is 9.24 Å². The van der Waals surface area contributed by atoms with E-state index in [1.807, 2.05) is 24.3 Å². The summed E-state index contributed by atoms with van der Waals surface area (Å²) in [5.41, 5.74) is 6.57. The smallest absolute Gasteiger partial charge is 0.0178 e. The highest BCUT2D eigenvalue weighted by molar-refractivity contribution is 7.27. The molecule has 0 fully saturated rings. The lowest BCUT2D eigenvalue weighted by molar-refractivity contribution is 1.07. The van der Waals surface area contributed by atoms with Crippen molar-refractivity contribution in [3.63, 3.8) is 0 Å². The molecule has 0 saturated carbocycles. The van der Waals surface area contributed by atoms with E-state index in [-0.39, 0.29) is 8.41 Å². The Kier molecular flexibility index (Phi) is 4.34. The molecule has 1 rings (SSSR count). The Labute approximate surface area is 65.8 Å². The molecule has 0 saturated heterocycles. The van der Waals surface area contributed by atoms with Crippen molar-refractivity contribution < 1.29 is 0 Å². The monoisotopic (exact) mass is 150 g/mol. The normalized spacial score (nSPS) is 8.60. The van der Waals surface area contributed by atoms with Crippen molar-refractivity contribution in [3.05, 3.63) is 29.8 Å². The fraction of sp³-hybridized carbons (Fsp3) is 0.143. The van der Waals surface area contributed by atoms with E-state index in [9.17, 15) is 0 Å². The summed E-state index contributed by atoms with van der Waals surface area (Å²) in [6.45, 7) is 0.630. The fourth-order valence-corrected chi connectivity index (χ4v) is 0.846. The molecule has 3 radical (unpaired) electrons. The van der Waals surface area contributed by atoms with Crippen LogP contribution in [0.4, 0.5) is 0 Å². The molecular weight excluding hydrogens is 140 g/mol. The van der Waals surface area contributed by atoms with Crippen LogP contribution >= 0.6 is 9.24 Å². The summed E-state index contributed by atoms with van der Waals surface area (Å²) >= 11 is 0. The van der Waals surface area contributed by atoms with Gasteiger partial charge in [0.1, 0.15) is 0 Å². The maximum absolute atomic E-state index is 5.39. The van der Waals surface area contributed by atoms with Gasteiger partial charge in [0, 0.05) is 15.0 Å². The Morgan fingerprint density at radius 3 is 2.10 bits per heavy atom. The molecule has 0 amide bonds. The second-order valence-electron chi connectivity index (χ2n) is 1.95. The van der Waals surface area contributed by atoms with Gasteiger partial charge in [-0.3, -0.25) is 0 Å². The maximum Gasteiger partial charge on any atom is 0.0178 e. The summed E-state index contributed by atoms with van der Waals surface area (Å²) < 4.78 is 0. The van der Waals surface area contributed by atoms with Crippen molar-refractivity contribution in [2.24, 2.45) is 5.73 Å². The SMILES string of the molecule is NCc1ccc(P)cc1.[B]. The zero-order chi connectivity index (χ0) is 6.69. The Hall–Kier alpha value is -0.325. The molecule has 0 heterocycles. The third-order valence-electron chi connectivity index (χ3n) is 1.22. The lowest BCUT2D eigenvalue weighted by Gasteiger charge is -1.94. The number of benzene rings is 1. The minimum atomic E-state index is 0. The zero-order valence-electron chi connectivity index (χ0n) is 5.75. The van der Waals surface area contributed by atoms with Crippen LogP contribution in [0.25, 0.3) is 0 Å². The van der Waals surface area contributed by atoms with E-state index in [1.54, 1.807) is 0 Å². The number of nitrogens with two attached hydrogens (primary N) is 1. The minimum Gasteiger partial charge on any atom is -0.326 e. The van der Waals surface area contributed by atoms with E-state index in [4.69, 9.17) is 5.73 Å². The quantitative estimate of drug-likeness (QED) is 0.451. The average Bonchev–Trinajstić information content (AvgIpc) is 1.90. The van der Waals surface area contributed by atoms with Crippen LogP contribution in [0.2, 0.25) is 0 Å². The van der Waals surface area contributed by atoms with Crippen molar-refractivity contribution >= 4 is 23.0 Å². The Morgan fingerprint density at radius 1 is 1.20 bits per heavy atom. The van der Waals surface area contributed by atoms with Crippen molar-refractivity contribution in [3.8, 4) is 0 Å². The van der Waals surface area contributed by atoms with E-state index in [0.717, 1.165) is 0 Å². The fourth-order valence-electron chi connectivity index (χ4n) is 0.654. The molecule has 1 aromatic rings. The molecule has 0 aliphatic rings. The summed E-state index contributed by atoms with van der Waals surface area (Å²) in [5.74, 6) is 0. The molecular formula is C7H10BNP. The van der Waals surface area contributed by atoms with Crippen molar-refractivity contribution in [2.75, 3.05) is 0 Å². The Bertz CT molecular complexity index is 185.